The molecule has 0 amide bonds. The number of carbonyl (C=O) groups is 2. The summed E-state index contributed by atoms with van der Waals surface area (Å²) in [6.07, 6.45) is 10.9. The fourth-order valence-corrected chi connectivity index (χ4v) is 7.33. The Balaban J connectivity index is 1.68. The number of fused-ring (bicyclic) bond motifs is 5. The molecule has 0 heterocycles. The Morgan fingerprint density at radius 2 is 1.82 bits per heavy atom. The average molecular weight is 302 g/mol. The molecule has 2 nitrogen and oxygen atoms in total. The van der Waals surface area contributed by atoms with Gasteiger partial charge >= 0.3 is 0 Å². The van der Waals surface area contributed by atoms with E-state index in [9.17, 15) is 9.59 Å². The number of Topliss-reactive ketones (excluding diaryl/α,β-unsaturated/α-hetero) is 2. The smallest absolute Gasteiger partial charge is 0.139 e. The van der Waals surface area contributed by atoms with E-state index in [2.05, 4.69) is 13.8 Å². The predicted molar refractivity (Wildman–Crippen MR) is 86.4 cm³/mol. The molecule has 0 saturated heterocycles. The van der Waals surface area contributed by atoms with Crippen molar-refractivity contribution < 1.29 is 9.59 Å². The minimum Gasteiger partial charge on any atom is -0.300 e. The molecule has 0 aromatic heterocycles. The molecule has 0 spiro atoms. The summed E-state index contributed by atoms with van der Waals surface area (Å²) in [7, 11) is 0. The summed E-state index contributed by atoms with van der Waals surface area (Å²) in [6.45, 7) is 4.62. The first-order valence-corrected chi connectivity index (χ1v) is 9.56. The summed E-state index contributed by atoms with van der Waals surface area (Å²) >= 11 is 0. The van der Waals surface area contributed by atoms with Crippen LogP contribution in [0.25, 0.3) is 0 Å². The van der Waals surface area contributed by atoms with E-state index in [1.54, 1.807) is 0 Å². The van der Waals surface area contributed by atoms with Crippen molar-refractivity contribution in [2.45, 2.75) is 78.1 Å². The summed E-state index contributed by atoms with van der Waals surface area (Å²) in [4.78, 5) is 24.4. The van der Waals surface area contributed by atoms with Crippen LogP contribution in [0.4, 0.5) is 0 Å². The van der Waals surface area contributed by atoms with Crippen molar-refractivity contribution in [1.29, 1.82) is 0 Å². The lowest BCUT2D eigenvalue weighted by Gasteiger charge is -2.60. The molecule has 4 aliphatic rings. The Morgan fingerprint density at radius 1 is 1.00 bits per heavy atom. The second kappa shape index (κ2) is 4.92. The molecule has 0 aromatic carbocycles. The molecule has 0 aromatic rings. The zero-order chi connectivity index (χ0) is 15.5. The van der Waals surface area contributed by atoms with Gasteiger partial charge in [0, 0.05) is 24.7 Å². The first kappa shape index (κ1) is 14.9. The largest absolute Gasteiger partial charge is 0.300 e. The molecule has 4 fully saturated rings. The topological polar surface area (TPSA) is 34.1 Å². The van der Waals surface area contributed by atoms with Crippen LogP contribution in [0.15, 0.2) is 0 Å². The quantitative estimate of drug-likeness (QED) is 0.711. The highest BCUT2D eigenvalue weighted by atomic mass is 16.1. The highest BCUT2D eigenvalue weighted by molar-refractivity contribution is 5.87. The van der Waals surface area contributed by atoms with Crippen LogP contribution >= 0.6 is 0 Å². The van der Waals surface area contributed by atoms with Crippen LogP contribution in [0.3, 0.4) is 0 Å². The van der Waals surface area contributed by atoms with E-state index in [4.69, 9.17) is 0 Å². The van der Waals surface area contributed by atoms with Crippen LogP contribution in [-0.2, 0) is 9.59 Å². The third-order valence-electron chi connectivity index (χ3n) is 8.55. The Labute approximate surface area is 134 Å². The van der Waals surface area contributed by atoms with Crippen molar-refractivity contribution in [1.82, 2.24) is 0 Å². The van der Waals surface area contributed by atoms with Gasteiger partial charge < -0.3 is 0 Å². The van der Waals surface area contributed by atoms with Crippen LogP contribution in [0.2, 0.25) is 0 Å². The Morgan fingerprint density at radius 3 is 2.59 bits per heavy atom. The van der Waals surface area contributed by atoms with Crippen molar-refractivity contribution in [3.05, 3.63) is 0 Å². The third-order valence-corrected chi connectivity index (χ3v) is 8.55. The molecule has 122 valence electrons. The molecule has 22 heavy (non-hydrogen) atoms. The second-order valence-electron chi connectivity index (χ2n) is 8.90. The van der Waals surface area contributed by atoms with Crippen LogP contribution in [-0.4, -0.2) is 11.6 Å². The molecule has 0 aliphatic heterocycles. The molecular weight excluding hydrogens is 272 g/mol. The maximum absolute atomic E-state index is 12.4. The van der Waals surface area contributed by atoms with Gasteiger partial charge in [0.05, 0.1) is 0 Å². The maximum atomic E-state index is 12.4. The molecule has 0 N–H and O–H groups in total. The predicted octanol–water partition coefficient (Wildman–Crippen LogP) is 4.56. The lowest BCUT2D eigenvalue weighted by molar-refractivity contribution is -0.147. The molecule has 2 heteroatoms. The van der Waals surface area contributed by atoms with Crippen molar-refractivity contribution in [3.8, 4) is 0 Å². The monoisotopic (exact) mass is 302 g/mol. The Kier molecular flexibility index (Phi) is 3.33. The minimum absolute atomic E-state index is 0.00653. The van der Waals surface area contributed by atoms with Crippen LogP contribution < -0.4 is 0 Å². The fourth-order valence-electron chi connectivity index (χ4n) is 7.33. The summed E-state index contributed by atoms with van der Waals surface area (Å²) in [5.74, 6) is 3.87. The summed E-state index contributed by atoms with van der Waals surface area (Å²) in [5, 5.41) is 0. The van der Waals surface area contributed by atoms with Gasteiger partial charge in [-0.2, -0.15) is 0 Å². The lowest BCUT2D eigenvalue weighted by Crippen LogP contribution is -2.54. The van der Waals surface area contributed by atoms with Crippen LogP contribution in [0.1, 0.15) is 78.1 Å². The molecule has 4 rings (SSSR count). The molecule has 4 aliphatic carbocycles. The Hall–Kier alpha value is -0.660. The van der Waals surface area contributed by atoms with E-state index in [-0.39, 0.29) is 5.41 Å². The Bertz CT molecular complexity index is 510. The van der Waals surface area contributed by atoms with Gasteiger partial charge in [-0.25, -0.2) is 0 Å². The van der Waals surface area contributed by atoms with Gasteiger partial charge in [0.25, 0.3) is 0 Å². The van der Waals surface area contributed by atoms with E-state index in [1.165, 1.54) is 25.7 Å². The lowest BCUT2D eigenvalue weighted by atomic mass is 9.44. The average Bonchev–Trinajstić information content (AvgIpc) is 2.82. The van der Waals surface area contributed by atoms with Gasteiger partial charge in [0.2, 0.25) is 0 Å². The molecule has 4 saturated carbocycles. The van der Waals surface area contributed by atoms with E-state index in [0.29, 0.717) is 28.8 Å². The molecule has 6 atom stereocenters. The number of ketones is 2. The van der Waals surface area contributed by atoms with Gasteiger partial charge in [0.1, 0.15) is 11.6 Å². The van der Waals surface area contributed by atoms with Crippen molar-refractivity contribution in [2.75, 3.05) is 0 Å². The standard InChI is InChI=1S/C20H30O2/c1-3-20-11-8-14(21)12-13(20)4-5-15-16-6-7-18(22)19(16,2)10-9-17(15)20/h13,15-17H,3-12H2,1-2H3. The first-order valence-electron chi connectivity index (χ1n) is 9.56. The van der Waals surface area contributed by atoms with Crippen molar-refractivity contribution in [3.63, 3.8) is 0 Å². The summed E-state index contributed by atoms with van der Waals surface area (Å²) < 4.78 is 0. The van der Waals surface area contributed by atoms with E-state index < -0.39 is 0 Å². The number of hydrogen-bond acceptors (Lipinski definition) is 2. The van der Waals surface area contributed by atoms with E-state index in [1.807, 2.05) is 0 Å². The fraction of sp³-hybridized carbons (Fsp3) is 0.900. The SMILES string of the molecule is CCC12CCC(=O)CC1CCC1C3CCC(=O)C3(C)CCC12. The zero-order valence-corrected chi connectivity index (χ0v) is 14.2. The van der Waals surface area contributed by atoms with Gasteiger partial charge in [-0.15, -0.1) is 0 Å². The number of carbonyl (C=O) groups excluding carboxylic acids is 2. The van der Waals surface area contributed by atoms with Gasteiger partial charge in [0.15, 0.2) is 0 Å². The second-order valence-corrected chi connectivity index (χ2v) is 8.90. The van der Waals surface area contributed by atoms with Gasteiger partial charge in [-0.05, 0) is 74.0 Å². The molecular formula is C20H30O2. The normalized spacial score (nSPS) is 51.2. The molecule has 0 radical (unpaired) electrons. The zero-order valence-electron chi connectivity index (χ0n) is 14.2. The highest BCUT2D eigenvalue weighted by Gasteiger charge is 2.60. The van der Waals surface area contributed by atoms with Crippen molar-refractivity contribution in [2.24, 2.45) is 34.5 Å². The molecule has 0 bridgehead atoms. The van der Waals surface area contributed by atoms with Gasteiger partial charge in [-0.3, -0.25) is 9.59 Å². The van der Waals surface area contributed by atoms with Gasteiger partial charge in [-0.1, -0.05) is 13.8 Å². The highest BCUT2D eigenvalue weighted by Crippen LogP contribution is 2.66. The maximum Gasteiger partial charge on any atom is 0.139 e. The van der Waals surface area contributed by atoms with E-state index >= 15 is 0 Å². The van der Waals surface area contributed by atoms with E-state index in [0.717, 1.165) is 50.4 Å². The van der Waals surface area contributed by atoms with Crippen LogP contribution in [0.5, 0.6) is 0 Å². The number of hydrogen-bond donors (Lipinski definition) is 0. The minimum atomic E-state index is -0.00653. The van der Waals surface area contributed by atoms with Crippen molar-refractivity contribution >= 4 is 11.6 Å². The third kappa shape index (κ3) is 1.79. The summed E-state index contributed by atoms with van der Waals surface area (Å²) in [6, 6.07) is 0. The van der Waals surface area contributed by atoms with Crippen LogP contribution in [0, 0.1) is 34.5 Å². The summed E-state index contributed by atoms with van der Waals surface area (Å²) in [5.41, 5.74) is 0.414. The molecule has 6 unspecified atom stereocenters. The number of rotatable bonds is 1. The first-order chi connectivity index (χ1) is 10.5.